The van der Waals surface area contributed by atoms with Gasteiger partial charge in [0.05, 0.1) is 5.69 Å². The number of aromatic nitrogens is 4. The van der Waals surface area contributed by atoms with E-state index in [9.17, 15) is 0 Å². The molecule has 2 rings (SSSR count). The molecule has 0 amide bonds. The lowest BCUT2D eigenvalue weighted by atomic mass is 10.3. The van der Waals surface area contributed by atoms with Crippen molar-refractivity contribution in [2.75, 3.05) is 13.6 Å². The van der Waals surface area contributed by atoms with Crippen molar-refractivity contribution >= 4 is 23.4 Å². The number of likely N-dealkylation sites (N-methyl/N-ethyl adjacent to an activating group) is 1. The summed E-state index contributed by atoms with van der Waals surface area (Å²) in [7, 11) is 4.09. The monoisotopic (exact) mass is 267 g/mol. The lowest BCUT2D eigenvalue weighted by Gasteiger charge is -2.21. The summed E-state index contributed by atoms with van der Waals surface area (Å²) in [6, 6.07) is 0.543. The molecule has 0 aliphatic heterocycles. The molecule has 100 valence electrons. The second kappa shape index (κ2) is 4.85. The molecule has 0 aromatic carbocycles. The average molecular weight is 267 g/mol. The van der Waals surface area contributed by atoms with Gasteiger partial charge >= 0.3 is 0 Å². The molecule has 0 bridgehead atoms. The number of hydrogen-bond donors (Lipinski definition) is 1. The largest absolute Gasteiger partial charge is 0.328 e. The van der Waals surface area contributed by atoms with Gasteiger partial charge in [-0.15, -0.1) is 0 Å². The Balaban J connectivity index is 2.33. The van der Waals surface area contributed by atoms with Crippen LogP contribution in [0.5, 0.6) is 0 Å². The third kappa shape index (κ3) is 2.22. The van der Waals surface area contributed by atoms with Crippen molar-refractivity contribution in [2.45, 2.75) is 33.4 Å². The number of aryl methyl sites for hydroxylation is 2. The van der Waals surface area contributed by atoms with E-state index in [0.717, 1.165) is 34.7 Å². The third-order valence-electron chi connectivity index (χ3n) is 3.48. The number of imidazole rings is 1. The zero-order chi connectivity index (χ0) is 13.4. The average Bonchev–Trinajstić information content (AvgIpc) is 2.75. The quantitative estimate of drug-likeness (QED) is 0.862. The van der Waals surface area contributed by atoms with Gasteiger partial charge in [0.25, 0.3) is 0 Å². The highest BCUT2D eigenvalue weighted by atomic mass is 32.1. The zero-order valence-corrected chi connectivity index (χ0v) is 12.5. The molecule has 0 spiro atoms. The minimum absolute atomic E-state index is 0.543. The Hall–Kier alpha value is -1.14. The second-order valence-corrected chi connectivity index (χ2v) is 5.45. The number of nitrogens with zero attached hydrogens (tertiary/aromatic N) is 4. The van der Waals surface area contributed by atoms with Crippen LogP contribution in [0.3, 0.4) is 0 Å². The van der Waals surface area contributed by atoms with Crippen molar-refractivity contribution in [1.82, 2.24) is 24.2 Å². The van der Waals surface area contributed by atoms with Crippen LogP contribution in [0.1, 0.15) is 19.5 Å². The smallest absolute Gasteiger partial charge is 0.179 e. The highest BCUT2D eigenvalue weighted by molar-refractivity contribution is 7.71. The lowest BCUT2D eigenvalue weighted by Crippen LogP contribution is -2.29. The van der Waals surface area contributed by atoms with E-state index in [1.165, 1.54) is 0 Å². The van der Waals surface area contributed by atoms with Crippen LogP contribution in [0.25, 0.3) is 11.2 Å². The first kappa shape index (κ1) is 13.3. The second-order valence-electron chi connectivity index (χ2n) is 5.06. The van der Waals surface area contributed by atoms with Gasteiger partial charge < -0.3 is 14.5 Å². The first-order chi connectivity index (χ1) is 8.41. The maximum Gasteiger partial charge on any atom is 0.179 e. The Bertz CT molecular complexity index is 604. The number of fused-ring (bicyclic) bond motifs is 1. The van der Waals surface area contributed by atoms with Crippen molar-refractivity contribution in [3.63, 3.8) is 0 Å². The normalized spacial score (nSPS) is 12.2. The van der Waals surface area contributed by atoms with Crippen LogP contribution in [0.2, 0.25) is 0 Å². The van der Waals surface area contributed by atoms with Crippen molar-refractivity contribution < 1.29 is 0 Å². The molecule has 0 aliphatic rings. The van der Waals surface area contributed by atoms with E-state index in [1.54, 1.807) is 0 Å². The molecule has 0 atom stereocenters. The summed E-state index contributed by atoms with van der Waals surface area (Å²) in [6.45, 7) is 8.24. The van der Waals surface area contributed by atoms with Crippen LogP contribution in [0.4, 0.5) is 0 Å². The highest BCUT2D eigenvalue weighted by Gasteiger charge is 2.13. The molecule has 0 saturated heterocycles. The molecular weight excluding hydrogens is 246 g/mol. The third-order valence-corrected chi connectivity index (χ3v) is 3.80. The van der Waals surface area contributed by atoms with Gasteiger partial charge in [0.15, 0.2) is 10.4 Å². The van der Waals surface area contributed by atoms with E-state index in [0.29, 0.717) is 6.04 Å². The molecule has 0 radical (unpaired) electrons. The summed E-state index contributed by atoms with van der Waals surface area (Å²) >= 11 is 5.39. The standard InChI is InChI=1S/C12H21N5S/c1-8(2)15(4)6-7-17-11-10(13-12(17)18)9(3)14-16(11)5/h8H,6-7H2,1-5H3,(H,13,18). The fourth-order valence-corrected chi connectivity index (χ4v) is 2.38. The molecule has 2 heterocycles. The van der Waals surface area contributed by atoms with Gasteiger partial charge in [-0.3, -0.25) is 4.68 Å². The van der Waals surface area contributed by atoms with Crippen LogP contribution >= 0.6 is 12.2 Å². The van der Waals surface area contributed by atoms with E-state index in [4.69, 9.17) is 12.2 Å². The van der Waals surface area contributed by atoms with Crippen molar-refractivity contribution in [2.24, 2.45) is 7.05 Å². The Morgan fingerprint density at radius 3 is 2.72 bits per heavy atom. The van der Waals surface area contributed by atoms with Crippen molar-refractivity contribution in [3.05, 3.63) is 10.5 Å². The van der Waals surface area contributed by atoms with Gasteiger partial charge in [0.2, 0.25) is 0 Å². The fourth-order valence-electron chi connectivity index (χ4n) is 2.10. The summed E-state index contributed by atoms with van der Waals surface area (Å²) in [5.74, 6) is 0. The summed E-state index contributed by atoms with van der Waals surface area (Å²) in [5, 5.41) is 4.42. The SMILES string of the molecule is Cc1nn(C)c2c1[nH]c(=S)n2CCN(C)C(C)C. The molecule has 1 N–H and O–H groups in total. The number of hydrogen-bond acceptors (Lipinski definition) is 3. The molecule has 0 fully saturated rings. The predicted octanol–water partition coefficient (Wildman–Crippen LogP) is 2.08. The molecule has 0 unspecified atom stereocenters. The number of rotatable bonds is 4. The van der Waals surface area contributed by atoms with Gasteiger partial charge in [-0.25, -0.2) is 0 Å². The van der Waals surface area contributed by atoms with E-state index in [-0.39, 0.29) is 0 Å². The number of H-pyrrole nitrogens is 1. The van der Waals surface area contributed by atoms with Gasteiger partial charge in [0, 0.05) is 26.2 Å². The van der Waals surface area contributed by atoms with E-state index in [1.807, 2.05) is 18.7 Å². The Labute approximate surface area is 112 Å². The summed E-state index contributed by atoms with van der Waals surface area (Å²) in [6.07, 6.45) is 0. The molecule has 5 nitrogen and oxygen atoms in total. The fraction of sp³-hybridized carbons (Fsp3) is 0.667. The van der Waals surface area contributed by atoms with E-state index in [2.05, 4.69) is 40.4 Å². The van der Waals surface area contributed by atoms with E-state index >= 15 is 0 Å². The molecule has 6 heteroatoms. The summed E-state index contributed by atoms with van der Waals surface area (Å²) in [4.78, 5) is 5.55. The number of aromatic amines is 1. The number of nitrogens with one attached hydrogen (secondary N) is 1. The van der Waals surface area contributed by atoms with E-state index < -0.39 is 0 Å². The van der Waals surface area contributed by atoms with Crippen molar-refractivity contribution in [1.29, 1.82) is 0 Å². The molecule has 2 aromatic heterocycles. The maximum absolute atomic E-state index is 5.39. The van der Waals surface area contributed by atoms with Gasteiger partial charge in [0.1, 0.15) is 5.52 Å². The topological polar surface area (TPSA) is 41.8 Å². The lowest BCUT2D eigenvalue weighted by molar-refractivity contribution is 0.263. The van der Waals surface area contributed by atoms with Crippen LogP contribution in [-0.2, 0) is 13.6 Å². The van der Waals surface area contributed by atoms with Crippen molar-refractivity contribution in [3.8, 4) is 0 Å². The van der Waals surface area contributed by atoms with Gasteiger partial charge in [-0.1, -0.05) is 0 Å². The Kier molecular flexibility index (Phi) is 3.59. The van der Waals surface area contributed by atoms with Gasteiger partial charge in [-0.2, -0.15) is 5.10 Å². The molecule has 18 heavy (non-hydrogen) atoms. The highest BCUT2D eigenvalue weighted by Crippen LogP contribution is 2.16. The van der Waals surface area contributed by atoms with Crippen LogP contribution in [-0.4, -0.2) is 43.9 Å². The van der Waals surface area contributed by atoms with Crippen LogP contribution < -0.4 is 0 Å². The van der Waals surface area contributed by atoms with Gasteiger partial charge in [-0.05, 0) is 40.0 Å². The molecular formula is C12H21N5S. The summed E-state index contributed by atoms with van der Waals surface area (Å²) < 4.78 is 4.80. The van der Waals surface area contributed by atoms with Crippen LogP contribution in [0.15, 0.2) is 0 Å². The Morgan fingerprint density at radius 1 is 1.44 bits per heavy atom. The maximum atomic E-state index is 5.39. The minimum Gasteiger partial charge on any atom is -0.328 e. The molecule has 0 aliphatic carbocycles. The zero-order valence-electron chi connectivity index (χ0n) is 11.7. The van der Waals surface area contributed by atoms with Crippen LogP contribution in [0, 0.1) is 11.7 Å². The summed E-state index contributed by atoms with van der Waals surface area (Å²) in [5.41, 5.74) is 3.12. The first-order valence-electron chi connectivity index (χ1n) is 6.24. The molecule has 0 saturated carbocycles. The predicted molar refractivity (Wildman–Crippen MR) is 76.4 cm³/mol. The molecule has 2 aromatic rings. The first-order valence-corrected chi connectivity index (χ1v) is 6.65. The Morgan fingerprint density at radius 2 is 2.11 bits per heavy atom. The minimum atomic E-state index is 0.543.